The summed E-state index contributed by atoms with van der Waals surface area (Å²) in [4.78, 5) is 4.63. The lowest BCUT2D eigenvalue weighted by Gasteiger charge is -2.25. The minimum absolute atomic E-state index is 0.438. The summed E-state index contributed by atoms with van der Waals surface area (Å²) in [6.45, 7) is 2.81. The summed E-state index contributed by atoms with van der Waals surface area (Å²) >= 11 is 6.06. The van der Waals surface area contributed by atoms with Gasteiger partial charge >= 0.3 is 0 Å². The second kappa shape index (κ2) is 5.14. The molecular weight excluding hydrogens is 260 g/mol. The van der Waals surface area contributed by atoms with Crippen molar-refractivity contribution < 1.29 is 4.42 Å². The summed E-state index contributed by atoms with van der Waals surface area (Å²) in [6, 6.07) is 3.80. The summed E-state index contributed by atoms with van der Waals surface area (Å²) < 4.78 is 5.96. The zero-order valence-electron chi connectivity index (χ0n) is 11.2. The fourth-order valence-corrected chi connectivity index (χ4v) is 3.26. The Bertz CT molecular complexity index is 585. The summed E-state index contributed by atoms with van der Waals surface area (Å²) in [6.07, 6.45) is 4.61. The monoisotopic (exact) mass is 278 g/mol. The molecule has 0 radical (unpaired) electrons. The van der Waals surface area contributed by atoms with Crippen LogP contribution in [0.3, 0.4) is 0 Å². The maximum atomic E-state index is 6.06. The Morgan fingerprint density at radius 1 is 1.32 bits per heavy atom. The highest BCUT2D eigenvalue weighted by Gasteiger charge is 2.25. The molecular formula is C15H19ClN2O. The molecule has 4 heteroatoms. The van der Waals surface area contributed by atoms with Gasteiger partial charge in [0.25, 0.3) is 0 Å². The molecule has 2 aromatic rings. The molecule has 0 spiro atoms. The third kappa shape index (κ3) is 2.49. The second-order valence-electron chi connectivity index (χ2n) is 5.58. The van der Waals surface area contributed by atoms with Crippen LogP contribution in [0, 0.1) is 12.8 Å². The first-order valence-electron chi connectivity index (χ1n) is 6.94. The van der Waals surface area contributed by atoms with Crippen molar-refractivity contribution in [3.05, 3.63) is 28.6 Å². The molecule has 3 nitrogen and oxygen atoms in total. The van der Waals surface area contributed by atoms with E-state index in [1.54, 1.807) is 0 Å². The highest BCUT2D eigenvalue weighted by molar-refractivity contribution is 6.31. The molecule has 1 aromatic carbocycles. The Hall–Kier alpha value is -1.06. The Morgan fingerprint density at radius 3 is 2.74 bits per heavy atom. The summed E-state index contributed by atoms with van der Waals surface area (Å²) in [5, 5.41) is 0.719. The summed E-state index contributed by atoms with van der Waals surface area (Å²) in [5.74, 6) is 1.99. The van der Waals surface area contributed by atoms with E-state index in [1.165, 1.54) is 12.8 Å². The number of benzene rings is 1. The third-order valence-electron chi connectivity index (χ3n) is 4.19. The van der Waals surface area contributed by atoms with Crippen molar-refractivity contribution in [2.75, 3.05) is 6.54 Å². The predicted octanol–water partition coefficient (Wildman–Crippen LogP) is 4.02. The summed E-state index contributed by atoms with van der Waals surface area (Å²) in [5.41, 5.74) is 8.54. The Labute approximate surface area is 118 Å². The van der Waals surface area contributed by atoms with Gasteiger partial charge in [0.1, 0.15) is 5.52 Å². The van der Waals surface area contributed by atoms with E-state index in [1.807, 2.05) is 19.1 Å². The lowest BCUT2D eigenvalue weighted by atomic mass is 9.82. The quantitative estimate of drug-likeness (QED) is 0.902. The highest BCUT2D eigenvalue weighted by atomic mass is 35.5. The van der Waals surface area contributed by atoms with E-state index < -0.39 is 0 Å². The molecule has 0 saturated heterocycles. The molecule has 19 heavy (non-hydrogen) atoms. The molecule has 1 fully saturated rings. The van der Waals surface area contributed by atoms with Crippen molar-refractivity contribution in [2.24, 2.45) is 11.7 Å². The SMILES string of the molecule is Cc1cc(Cl)cc2nc(C3CCC(CN)CC3)oc12. The first-order valence-corrected chi connectivity index (χ1v) is 7.32. The number of rotatable bonds is 2. The van der Waals surface area contributed by atoms with E-state index in [4.69, 9.17) is 21.8 Å². The number of halogens is 1. The number of hydrogen-bond acceptors (Lipinski definition) is 3. The van der Waals surface area contributed by atoms with E-state index >= 15 is 0 Å². The van der Waals surface area contributed by atoms with Crippen LogP contribution in [0.15, 0.2) is 16.5 Å². The van der Waals surface area contributed by atoms with E-state index in [0.29, 0.717) is 11.8 Å². The van der Waals surface area contributed by atoms with Crippen molar-refractivity contribution in [1.29, 1.82) is 0 Å². The number of nitrogens with two attached hydrogens (primary N) is 1. The summed E-state index contributed by atoms with van der Waals surface area (Å²) in [7, 11) is 0. The van der Waals surface area contributed by atoms with Crippen LogP contribution >= 0.6 is 11.6 Å². The van der Waals surface area contributed by atoms with Gasteiger partial charge in [-0.3, -0.25) is 0 Å². The minimum atomic E-state index is 0.438. The van der Waals surface area contributed by atoms with Gasteiger partial charge in [-0.1, -0.05) is 11.6 Å². The Morgan fingerprint density at radius 2 is 2.05 bits per heavy atom. The van der Waals surface area contributed by atoms with E-state index in [9.17, 15) is 0 Å². The fraction of sp³-hybridized carbons (Fsp3) is 0.533. The second-order valence-corrected chi connectivity index (χ2v) is 6.01. The number of aromatic nitrogens is 1. The van der Waals surface area contributed by atoms with Gasteiger partial charge in [-0.2, -0.15) is 0 Å². The van der Waals surface area contributed by atoms with Gasteiger partial charge in [0.05, 0.1) is 0 Å². The van der Waals surface area contributed by atoms with Gasteiger partial charge < -0.3 is 10.2 Å². The number of hydrogen-bond donors (Lipinski definition) is 1. The van der Waals surface area contributed by atoms with Gasteiger partial charge in [-0.25, -0.2) is 4.98 Å². The van der Waals surface area contributed by atoms with Crippen LogP contribution in [-0.2, 0) is 0 Å². The Balaban J connectivity index is 1.88. The van der Waals surface area contributed by atoms with Crippen LogP contribution in [0.25, 0.3) is 11.1 Å². The molecule has 0 amide bonds. The van der Waals surface area contributed by atoms with Crippen molar-refractivity contribution in [3.63, 3.8) is 0 Å². The minimum Gasteiger partial charge on any atom is -0.440 e. The number of oxazole rings is 1. The van der Waals surface area contributed by atoms with Crippen LogP contribution in [0.1, 0.15) is 43.1 Å². The van der Waals surface area contributed by atoms with Crippen molar-refractivity contribution in [3.8, 4) is 0 Å². The van der Waals surface area contributed by atoms with Crippen LogP contribution in [0.4, 0.5) is 0 Å². The van der Waals surface area contributed by atoms with Crippen LogP contribution < -0.4 is 5.73 Å². The molecule has 2 N–H and O–H groups in total. The van der Waals surface area contributed by atoms with Gasteiger partial charge in [0, 0.05) is 10.9 Å². The van der Waals surface area contributed by atoms with Gasteiger partial charge in [0.15, 0.2) is 11.5 Å². The standard InChI is InChI=1S/C15H19ClN2O/c1-9-6-12(16)7-13-14(9)19-15(18-13)11-4-2-10(8-17)3-5-11/h6-7,10-11H,2-5,8,17H2,1H3. The molecule has 1 aromatic heterocycles. The average molecular weight is 279 g/mol. The van der Waals surface area contributed by atoms with E-state index in [2.05, 4.69) is 4.98 Å². The topological polar surface area (TPSA) is 52.0 Å². The molecule has 0 atom stereocenters. The Kier molecular flexibility index (Phi) is 3.50. The third-order valence-corrected chi connectivity index (χ3v) is 4.40. The van der Waals surface area contributed by atoms with Crippen molar-refractivity contribution >= 4 is 22.7 Å². The first kappa shape index (κ1) is 12.9. The van der Waals surface area contributed by atoms with Crippen LogP contribution in [-0.4, -0.2) is 11.5 Å². The predicted molar refractivity (Wildman–Crippen MR) is 77.5 cm³/mol. The largest absolute Gasteiger partial charge is 0.440 e. The number of aryl methyl sites for hydroxylation is 1. The van der Waals surface area contributed by atoms with Crippen LogP contribution in [0.5, 0.6) is 0 Å². The first-order chi connectivity index (χ1) is 9.17. The van der Waals surface area contributed by atoms with E-state index in [0.717, 1.165) is 47.0 Å². The van der Waals surface area contributed by atoms with Crippen molar-refractivity contribution in [1.82, 2.24) is 4.98 Å². The zero-order chi connectivity index (χ0) is 13.4. The normalized spacial score (nSPS) is 23.9. The van der Waals surface area contributed by atoms with E-state index in [-0.39, 0.29) is 0 Å². The number of fused-ring (bicyclic) bond motifs is 1. The lowest BCUT2D eigenvalue weighted by Crippen LogP contribution is -2.20. The molecule has 3 rings (SSSR count). The molecule has 0 aliphatic heterocycles. The van der Waals surface area contributed by atoms with Crippen LogP contribution in [0.2, 0.25) is 5.02 Å². The molecule has 1 saturated carbocycles. The lowest BCUT2D eigenvalue weighted by molar-refractivity contribution is 0.301. The maximum absolute atomic E-state index is 6.06. The average Bonchev–Trinajstić information content (AvgIpc) is 2.83. The zero-order valence-corrected chi connectivity index (χ0v) is 11.9. The van der Waals surface area contributed by atoms with Gasteiger partial charge in [-0.15, -0.1) is 0 Å². The van der Waals surface area contributed by atoms with Gasteiger partial charge in [0.2, 0.25) is 0 Å². The van der Waals surface area contributed by atoms with Gasteiger partial charge in [-0.05, 0) is 62.8 Å². The molecule has 102 valence electrons. The smallest absolute Gasteiger partial charge is 0.198 e. The highest BCUT2D eigenvalue weighted by Crippen LogP contribution is 2.37. The molecule has 1 heterocycles. The molecule has 1 aliphatic carbocycles. The maximum Gasteiger partial charge on any atom is 0.198 e. The molecule has 0 unspecified atom stereocenters. The molecule has 0 bridgehead atoms. The molecule has 1 aliphatic rings. The number of nitrogens with zero attached hydrogens (tertiary/aromatic N) is 1. The fourth-order valence-electron chi connectivity index (χ4n) is 2.99. The van der Waals surface area contributed by atoms with Crippen molar-refractivity contribution in [2.45, 2.75) is 38.5 Å².